The summed E-state index contributed by atoms with van der Waals surface area (Å²) in [7, 11) is 0. The number of benzene rings is 1. The number of hydrogen-bond acceptors (Lipinski definition) is 2. The summed E-state index contributed by atoms with van der Waals surface area (Å²) in [4.78, 5) is 14.1. The van der Waals surface area contributed by atoms with E-state index in [0.29, 0.717) is 6.54 Å². The van der Waals surface area contributed by atoms with Gasteiger partial charge in [0.25, 0.3) is 5.91 Å². The highest BCUT2D eigenvalue weighted by molar-refractivity contribution is 5.98. The number of amides is 1. The Hall–Kier alpha value is -1.35. The van der Waals surface area contributed by atoms with Gasteiger partial charge < -0.3 is 9.64 Å². The number of aryl methyl sites for hydroxylation is 2. The first kappa shape index (κ1) is 10.8. The quantitative estimate of drug-likeness (QED) is 0.741. The summed E-state index contributed by atoms with van der Waals surface area (Å²) in [5, 5.41) is 0. The van der Waals surface area contributed by atoms with Crippen molar-refractivity contribution in [2.24, 2.45) is 0 Å². The maximum absolute atomic E-state index is 12.2. The van der Waals surface area contributed by atoms with E-state index in [4.69, 9.17) is 4.74 Å². The Kier molecular flexibility index (Phi) is 2.44. The number of carbonyl (C=O) groups excluding carboxylic acids is 1. The lowest BCUT2D eigenvalue weighted by Gasteiger charge is -2.32. The first-order valence-electron chi connectivity index (χ1n) is 6.19. The number of nitrogens with zero attached hydrogens (tertiary/aromatic N) is 1. The summed E-state index contributed by atoms with van der Waals surface area (Å²) in [6.45, 7) is 4.84. The Morgan fingerprint density at radius 2 is 2.12 bits per heavy atom. The zero-order valence-electron chi connectivity index (χ0n) is 10.3. The van der Waals surface area contributed by atoms with Gasteiger partial charge in [0, 0.05) is 5.69 Å². The van der Waals surface area contributed by atoms with Gasteiger partial charge in [0.05, 0.1) is 12.6 Å². The fourth-order valence-corrected chi connectivity index (χ4v) is 2.81. The van der Waals surface area contributed by atoms with Gasteiger partial charge in [0.15, 0.2) is 0 Å². The molecule has 3 rings (SSSR count). The third-order valence-electron chi connectivity index (χ3n) is 3.68. The number of ether oxygens (including phenoxy) is 1. The summed E-state index contributed by atoms with van der Waals surface area (Å²) in [6, 6.07) is 6.24. The summed E-state index contributed by atoms with van der Waals surface area (Å²) >= 11 is 0. The van der Waals surface area contributed by atoms with E-state index in [2.05, 4.69) is 26.0 Å². The van der Waals surface area contributed by atoms with Crippen molar-refractivity contribution in [1.82, 2.24) is 0 Å². The standard InChI is InChI=1S/C14H17NO2/c1-9-3-5-12(10(2)7-9)15-8-11-4-6-13(17-11)14(15)16/h3,5,7,11,13H,4,6,8H2,1-2H3. The van der Waals surface area contributed by atoms with Crippen LogP contribution in [0.25, 0.3) is 0 Å². The average Bonchev–Trinajstić information content (AvgIpc) is 2.69. The molecule has 2 aliphatic rings. The van der Waals surface area contributed by atoms with Crippen molar-refractivity contribution in [3.05, 3.63) is 29.3 Å². The van der Waals surface area contributed by atoms with Crippen molar-refractivity contribution in [3.8, 4) is 0 Å². The third kappa shape index (κ3) is 1.75. The molecule has 0 aromatic heterocycles. The molecule has 2 fully saturated rings. The van der Waals surface area contributed by atoms with Gasteiger partial charge in [-0.2, -0.15) is 0 Å². The predicted molar refractivity (Wildman–Crippen MR) is 66.2 cm³/mol. The van der Waals surface area contributed by atoms with Crippen LogP contribution in [-0.4, -0.2) is 24.7 Å². The molecule has 1 aromatic rings. The van der Waals surface area contributed by atoms with Crippen LogP contribution in [0.4, 0.5) is 5.69 Å². The van der Waals surface area contributed by atoms with E-state index in [1.165, 1.54) is 11.1 Å². The fraction of sp³-hybridized carbons (Fsp3) is 0.500. The molecule has 0 N–H and O–H groups in total. The van der Waals surface area contributed by atoms with Gasteiger partial charge in [-0.15, -0.1) is 0 Å². The molecule has 2 aliphatic heterocycles. The Bertz CT molecular complexity index is 469. The van der Waals surface area contributed by atoms with Crippen LogP contribution in [0.2, 0.25) is 0 Å². The minimum atomic E-state index is -0.200. The molecule has 0 spiro atoms. The van der Waals surface area contributed by atoms with Crippen molar-refractivity contribution in [1.29, 1.82) is 0 Å². The highest BCUT2D eigenvalue weighted by Crippen LogP contribution is 2.32. The van der Waals surface area contributed by atoms with Gasteiger partial charge in [-0.25, -0.2) is 0 Å². The number of rotatable bonds is 1. The highest BCUT2D eigenvalue weighted by Gasteiger charge is 2.41. The van der Waals surface area contributed by atoms with Crippen molar-refractivity contribution in [3.63, 3.8) is 0 Å². The molecule has 17 heavy (non-hydrogen) atoms. The Labute approximate surface area is 101 Å². The lowest BCUT2D eigenvalue weighted by Crippen LogP contribution is -2.47. The molecular weight excluding hydrogens is 214 g/mol. The van der Waals surface area contributed by atoms with Gasteiger partial charge in [-0.05, 0) is 38.3 Å². The fourth-order valence-electron chi connectivity index (χ4n) is 2.81. The van der Waals surface area contributed by atoms with E-state index in [0.717, 1.165) is 18.5 Å². The number of morpholine rings is 1. The third-order valence-corrected chi connectivity index (χ3v) is 3.68. The van der Waals surface area contributed by atoms with Gasteiger partial charge in [0.1, 0.15) is 6.10 Å². The molecule has 1 aromatic carbocycles. The second kappa shape index (κ2) is 3.84. The van der Waals surface area contributed by atoms with E-state index in [9.17, 15) is 4.79 Å². The Morgan fingerprint density at radius 1 is 1.29 bits per heavy atom. The predicted octanol–water partition coefficient (Wildman–Crippen LogP) is 2.20. The zero-order chi connectivity index (χ0) is 12.0. The molecule has 2 heterocycles. The minimum absolute atomic E-state index is 0.130. The maximum Gasteiger partial charge on any atom is 0.256 e. The second-order valence-electron chi connectivity index (χ2n) is 5.06. The highest BCUT2D eigenvalue weighted by atomic mass is 16.5. The van der Waals surface area contributed by atoms with E-state index in [1.54, 1.807) is 0 Å². The first-order valence-corrected chi connectivity index (χ1v) is 6.19. The number of hydrogen-bond donors (Lipinski definition) is 0. The number of anilines is 1. The van der Waals surface area contributed by atoms with E-state index >= 15 is 0 Å². The van der Waals surface area contributed by atoms with E-state index < -0.39 is 0 Å². The molecule has 3 nitrogen and oxygen atoms in total. The van der Waals surface area contributed by atoms with Gasteiger partial charge >= 0.3 is 0 Å². The van der Waals surface area contributed by atoms with Gasteiger partial charge in [-0.1, -0.05) is 17.7 Å². The topological polar surface area (TPSA) is 29.5 Å². The van der Waals surface area contributed by atoms with Crippen molar-refractivity contribution >= 4 is 11.6 Å². The lowest BCUT2D eigenvalue weighted by molar-refractivity contribution is -0.133. The summed E-state index contributed by atoms with van der Waals surface area (Å²) in [6.07, 6.45) is 1.93. The van der Waals surface area contributed by atoms with Crippen LogP contribution in [0.5, 0.6) is 0 Å². The maximum atomic E-state index is 12.2. The van der Waals surface area contributed by atoms with E-state index in [-0.39, 0.29) is 18.1 Å². The number of carbonyl (C=O) groups is 1. The largest absolute Gasteiger partial charge is 0.363 e. The Balaban J connectivity index is 1.96. The molecule has 0 aliphatic carbocycles. The molecule has 90 valence electrons. The van der Waals surface area contributed by atoms with Crippen LogP contribution in [0.3, 0.4) is 0 Å². The SMILES string of the molecule is Cc1ccc(N2CC3CCC(O3)C2=O)c(C)c1. The molecule has 1 amide bonds. The summed E-state index contributed by atoms with van der Waals surface area (Å²) in [5.74, 6) is 0.130. The molecule has 2 saturated heterocycles. The zero-order valence-corrected chi connectivity index (χ0v) is 10.3. The Morgan fingerprint density at radius 3 is 2.88 bits per heavy atom. The summed E-state index contributed by atoms with van der Waals surface area (Å²) in [5.41, 5.74) is 3.44. The molecular formula is C14H17NO2. The molecule has 2 bridgehead atoms. The van der Waals surface area contributed by atoms with Crippen molar-refractivity contribution in [2.75, 3.05) is 11.4 Å². The monoisotopic (exact) mass is 231 g/mol. The molecule has 3 heteroatoms. The molecule has 2 unspecified atom stereocenters. The smallest absolute Gasteiger partial charge is 0.256 e. The molecule has 0 radical (unpaired) electrons. The second-order valence-corrected chi connectivity index (χ2v) is 5.06. The van der Waals surface area contributed by atoms with Crippen LogP contribution >= 0.6 is 0 Å². The number of fused-ring (bicyclic) bond motifs is 2. The van der Waals surface area contributed by atoms with Crippen LogP contribution in [0.15, 0.2) is 18.2 Å². The van der Waals surface area contributed by atoms with Gasteiger partial charge in [0.2, 0.25) is 0 Å². The lowest BCUT2D eigenvalue weighted by atomic mass is 10.1. The average molecular weight is 231 g/mol. The molecule has 0 saturated carbocycles. The minimum Gasteiger partial charge on any atom is -0.363 e. The van der Waals surface area contributed by atoms with Crippen molar-refractivity contribution < 1.29 is 9.53 Å². The normalized spacial score (nSPS) is 27.6. The van der Waals surface area contributed by atoms with E-state index in [1.807, 2.05) is 11.0 Å². The van der Waals surface area contributed by atoms with Crippen LogP contribution in [-0.2, 0) is 9.53 Å². The van der Waals surface area contributed by atoms with Crippen LogP contribution < -0.4 is 4.90 Å². The van der Waals surface area contributed by atoms with Crippen LogP contribution in [0, 0.1) is 13.8 Å². The van der Waals surface area contributed by atoms with Gasteiger partial charge in [-0.3, -0.25) is 4.79 Å². The first-order chi connectivity index (χ1) is 8.15. The van der Waals surface area contributed by atoms with Crippen LogP contribution in [0.1, 0.15) is 24.0 Å². The summed E-state index contributed by atoms with van der Waals surface area (Å²) < 4.78 is 5.63. The molecule has 2 atom stereocenters. The van der Waals surface area contributed by atoms with Crippen molar-refractivity contribution in [2.45, 2.75) is 38.9 Å².